The highest BCUT2D eigenvalue weighted by molar-refractivity contribution is 5.95. The highest BCUT2D eigenvalue weighted by Crippen LogP contribution is 2.51. The van der Waals surface area contributed by atoms with E-state index in [2.05, 4.69) is 0 Å². The van der Waals surface area contributed by atoms with Crippen molar-refractivity contribution in [3.8, 4) is 5.75 Å². The number of aromatic hydroxyl groups is 1. The molecule has 10 atom stereocenters. The number of rotatable bonds is 8. The number of hydrogen-bond donors (Lipinski definition) is 5. The largest absolute Gasteiger partial charge is 0.508 e. The molecule has 1 aliphatic carbocycles. The molecule has 1 saturated heterocycles. The molecule has 0 radical (unpaired) electrons. The summed E-state index contributed by atoms with van der Waals surface area (Å²) in [6.07, 6.45) is -2.06. The minimum atomic E-state index is -1.75. The van der Waals surface area contributed by atoms with Gasteiger partial charge in [-0.2, -0.15) is 0 Å². The van der Waals surface area contributed by atoms with E-state index in [9.17, 15) is 39.9 Å². The molecule has 3 unspecified atom stereocenters. The topological polar surface area (TPSA) is 208 Å². The van der Waals surface area contributed by atoms with Gasteiger partial charge in [0.25, 0.3) is 0 Å². The molecule has 1 spiro atoms. The summed E-state index contributed by atoms with van der Waals surface area (Å²) in [6, 6.07) is 6.11. The van der Waals surface area contributed by atoms with Crippen LogP contribution in [-0.4, -0.2) is 106 Å². The standard InChI is InChI=1S/C30H32O14/c1-14(41-21(33)8-5-15-3-6-16(32)7-4-15)18-11-30(44-27(18)38)10-9-17-19(26(37)39-2)13-40-28(22(17)30)43-29-25(36)24(35)23(34)20(12-31)42-29/h3-11,13-14,17,20,22-25,28-29,31-32,34-36H,12H2,1-2H3/b8-5-/t14-,17?,20-,22?,23-,24+,25-,28+,29+,30?/m1/s1. The van der Waals surface area contributed by atoms with Gasteiger partial charge >= 0.3 is 17.9 Å². The van der Waals surface area contributed by atoms with E-state index in [-0.39, 0.29) is 16.9 Å². The van der Waals surface area contributed by atoms with Gasteiger partial charge in [-0.05, 0) is 42.8 Å². The number of phenols is 1. The van der Waals surface area contributed by atoms with Crippen LogP contribution < -0.4 is 0 Å². The fourth-order valence-electron chi connectivity index (χ4n) is 5.59. The van der Waals surface area contributed by atoms with Gasteiger partial charge in [-0.1, -0.05) is 18.2 Å². The SMILES string of the molecule is COC(=O)C1=CO[C@@H](O[C@@H]2O[C@H](CO)[C@@H](O)[C@H](O)[C@H]2O)C2C1C=CC21C=C([C@@H](C)OC(=O)/C=C\c2ccc(O)cc2)C(=O)O1. The number of hydrogen-bond acceptors (Lipinski definition) is 14. The third-order valence-electron chi connectivity index (χ3n) is 7.91. The summed E-state index contributed by atoms with van der Waals surface area (Å²) in [6.45, 7) is 0.790. The Kier molecular flexibility index (Phi) is 8.92. The lowest BCUT2D eigenvalue weighted by Gasteiger charge is -2.44. The van der Waals surface area contributed by atoms with Gasteiger partial charge in [-0.3, -0.25) is 0 Å². The van der Waals surface area contributed by atoms with E-state index in [1.807, 2.05) is 0 Å². The molecule has 1 aromatic carbocycles. The van der Waals surface area contributed by atoms with Crippen molar-refractivity contribution in [1.29, 1.82) is 0 Å². The second-order valence-corrected chi connectivity index (χ2v) is 10.7. The van der Waals surface area contributed by atoms with Crippen LogP contribution in [0.5, 0.6) is 5.75 Å². The van der Waals surface area contributed by atoms with E-state index in [4.69, 9.17) is 28.4 Å². The average molecular weight is 617 g/mol. The van der Waals surface area contributed by atoms with Gasteiger partial charge in [0.2, 0.25) is 6.29 Å². The molecular weight excluding hydrogens is 584 g/mol. The summed E-state index contributed by atoms with van der Waals surface area (Å²) in [5.74, 6) is -3.97. The van der Waals surface area contributed by atoms with Crippen molar-refractivity contribution in [3.63, 3.8) is 0 Å². The minimum absolute atomic E-state index is 0.00226. The number of carbonyl (C=O) groups excluding carboxylic acids is 3. The van der Waals surface area contributed by atoms with E-state index < -0.39 is 85.1 Å². The third-order valence-corrected chi connectivity index (χ3v) is 7.91. The van der Waals surface area contributed by atoms with E-state index in [1.54, 1.807) is 18.2 Å². The Hall–Kier alpha value is -4.05. The van der Waals surface area contributed by atoms with E-state index in [1.165, 1.54) is 44.4 Å². The molecule has 236 valence electrons. The van der Waals surface area contributed by atoms with Crippen LogP contribution in [-0.2, 0) is 42.8 Å². The van der Waals surface area contributed by atoms with Gasteiger partial charge in [0, 0.05) is 12.0 Å². The zero-order chi connectivity index (χ0) is 31.8. The zero-order valence-corrected chi connectivity index (χ0v) is 23.6. The summed E-state index contributed by atoms with van der Waals surface area (Å²) in [5, 5.41) is 49.8. The van der Waals surface area contributed by atoms with E-state index >= 15 is 0 Å². The Morgan fingerprint density at radius 1 is 1.09 bits per heavy atom. The number of esters is 3. The number of allylic oxidation sites excluding steroid dienone is 1. The van der Waals surface area contributed by atoms with Gasteiger partial charge in [0.05, 0.1) is 37.0 Å². The van der Waals surface area contributed by atoms with Gasteiger partial charge in [0.15, 0.2) is 11.9 Å². The first-order valence-electron chi connectivity index (χ1n) is 13.7. The number of carbonyl (C=O) groups is 3. The Balaban J connectivity index is 1.39. The predicted octanol–water partition coefficient (Wildman–Crippen LogP) is -0.409. The maximum Gasteiger partial charge on any atom is 0.338 e. The lowest BCUT2D eigenvalue weighted by atomic mass is 9.78. The van der Waals surface area contributed by atoms with Gasteiger partial charge in [-0.25, -0.2) is 14.4 Å². The number of benzene rings is 1. The molecule has 1 aromatic rings. The van der Waals surface area contributed by atoms with E-state index in [0.717, 1.165) is 12.3 Å². The highest BCUT2D eigenvalue weighted by atomic mass is 16.8. The van der Waals surface area contributed by atoms with Crippen LogP contribution in [0.15, 0.2) is 66.0 Å². The summed E-state index contributed by atoms with van der Waals surface area (Å²) in [5.41, 5.74) is -0.852. The zero-order valence-electron chi connectivity index (χ0n) is 23.6. The summed E-state index contributed by atoms with van der Waals surface area (Å²) in [7, 11) is 1.18. The number of aliphatic hydroxyl groups excluding tert-OH is 4. The first-order chi connectivity index (χ1) is 21.0. The van der Waals surface area contributed by atoms with Crippen molar-refractivity contribution in [1.82, 2.24) is 0 Å². The van der Waals surface area contributed by atoms with Crippen LogP contribution in [0.3, 0.4) is 0 Å². The predicted molar refractivity (Wildman–Crippen MR) is 146 cm³/mol. The van der Waals surface area contributed by atoms with Crippen LogP contribution in [0, 0.1) is 11.8 Å². The third kappa shape index (κ3) is 5.87. The normalized spacial score (nSPS) is 35.0. The molecule has 4 aliphatic rings. The van der Waals surface area contributed by atoms with Crippen molar-refractivity contribution in [2.75, 3.05) is 13.7 Å². The number of methoxy groups -OCH3 is 1. The van der Waals surface area contributed by atoms with Crippen molar-refractivity contribution < 1.29 is 68.3 Å². The Bertz CT molecular complexity index is 1390. The number of phenolic OH excluding ortho intramolecular Hbond substituents is 1. The average Bonchev–Trinajstić information content (AvgIpc) is 3.56. The van der Waals surface area contributed by atoms with Gasteiger partial charge in [0.1, 0.15) is 36.3 Å². The molecule has 5 rings (SSSR count). The first-order valence-corrected chi connectivity index (χ1v) is 13.7. The molecule has 0 bridgehead atoms. The Labute approximate surface area is 251 Å². The van der Waals surface area contributed by atoms with Gasteiger partial charge < -0.3 is 54.0 Å². The van der Waals surface area contributed by atoms with Gasteiger partial charge in [-0.15, -0.1) is 0 Å². The second kappa shape index (κ2) is 12.5. The highest BCUT2D eigenvalue weighted by Gasteiger charge is 2.60. The smallest absolute Gasteiger partial charge is 0.338 e. The molecule has 1 fully saturated rings. The molecule has 44 heavy (non-hydrogen) atoms. The van der Waals surface area contributed by atoms with Crippen LogP contribution in [0.1, 0.15) is 12.5 Å². The monoisotopic (exact) mass is 616 g/mol. The van der Waals surface area contributed by atoms with Crippen LogP contribution in [0.4, 0.5) is 0 Å². The minimum Gasteiger partial charge on any atom is -0.508 e. The molecule has 0 aromatic heterocycles. The fourth-order valence-corrected chi connectivity index (χ4v) is 5.59. The number of fused-ring (bicyclic) bond motifs is 2. The molecule has 3 heterocycles. The lowest BCUT2D eigenvalue weighted by molar-refractivity contribution is -0.344. The van der Waals surface area contributed by atoms with Crippen molar-refractivity contribution in [2.24, 2.45) is 11.8 Å². The van der Waals surface area contributed by atoms with Crippen molar-refractivity contribution >= 4 is 24.0 Å². The Morgan fingerprint density at radius 2 is 1.82 bits per heavy atom. The molecule has 5 N–H and O–H groups in total. The Morgan fingerprint density at radius 3 is 2.50 bits per heavy atom. The van der Waals surface area contributed by atoms with Crippen LogP contribution in [0.2, 0.25) is 0 Å². The lowest BCUT2D eigenvalue weighted by Crippen LogP contribution is -2.60. The summed E-state index contributed by atoms with van der Waals surface area (Å²) < 4.78 is 33.2. The molecule has 14 heteroatoms. The fraction of sp³-hybridized carbons (Fsp3) is 0.433. The van der Waals surface area contributed by atoms with Crippen LogP contribution in [0.25, 0.3) is 6.08 Å². The molecule has 0 amide bonds. The second-order valence-electron chi connectivity index (χ2n) is 10.7. The molecule has 0 saturated carbocycles. The maximum atomic E-state index is 13.1. The maximum absolute atomic E-state index is 13.1. The summed E-state index contributed by atoms with van der Waals surface area (Å²) >= 11 is 0. The van der Waals surface area contributed by atoms with Crippen molar-refractivity contribution in [2.45, 2.75) is 55.6 Å². The number of aliphatic hydroxyl groups is 4. The molecule has 14 nitrogen and oxygen atoms in total. The van der Waals surface area contributed by atoms with E-state index in [0.29, 0.717) is 5.56 Å². The molecule has 3 aliphatic heterocycles. The first kappa shape index (κ1) is 31.4. The van der Waals surface area contributed by atoms with Crippen LogP contribution >= 0.6 is 0 Å². The number of ether oxygens (including phenoxy) is 6. The molecular formula is C30H32O14. The quantitative estimate of drug-likeness (QED) is 0.109. The van der Waals surface area contributed by atoms with Crippen molar-refractivity contribution in [3.05, 3.63) is 71.5 Å². The summed E-state index contributed by atoms with van der Waals surface area (Å²) in [4.78, 5) is 38.2.